The summed E-state index contributed by atoms with van der Waals surface area (Å²) in [4.78, 5) is 16.8. The Kier molecular flexibility index (Phi) is 5.44. The van der Waals surface area contributed by atoms with Gasteiger partial charge >= 0.3 is 8.60 Å². The maximum absolute atomic E-state index is 8.40. The predicted octanol–water partition coefficient (Wildman–Crippen LogP) is 1.27. The third-order valence-electron chi connectivity index (χ3n) is 0.930. The van der Waals surface area contributed by atoms with Gasteiger partial charge in [-0.05, 0) is 12.1 Å². The first kappa shape index (κ1) is 10.9. The van der Waals surface area contributed by atoms with Gasteiger partial charge in [-0.2, -0.15) is 0 Å². The van der Waals surface area contributed by atoms with E-state index in [0.29, 0.717) is 5.75 Å². The summed E-state index contributed by atoms with van der Waals surface area (Å²) in [5.41, 5.74) is 0. The summed E-state index contributed by atoms with van der Waals surface area (Å²) in [5.74, 6) is 0.471. The minimum atomic E-state index is -2.28. The molecule has 0 bridgehead atoms. The zero-order valence-electron chi connectivity index (χ0n) is 5.45. The standard InChI is InChI=1S/C6H7O3P.Ni/c7-10(8)9-6-4-2-1-3-5-6;/h1-5,7-8H;. The molecule has 0 spiro atoms. The molecule has 0 radical (unpaired) electrons. The Labute approximate surface area is 75.9 Å². The molecule has 1 aromatic rings. The molecule has 1 rings (SSSR count). The van der Waals surface area contributed by atoms with Crippen LogP contribution in [0.1, 0.15) is 0 Å². The third-order valence-corrected chi connectivity index (χ3v) is 1.30. The first-order chi connectivity index (χ1) is 4.79. The summed E-state index contributed by atoms with van der Waals surface area (Å²) in [5, 5.41) is 0. The molecule has 0 aliphatic rings. The molecule has 1 aromatic carbocycles. The first-order valence-corrected chi connectivity index (χ1v) is 3.86. The fourth-order valence-electron chi connectivity index (χ4n) is 0.576. The van der Waals surface area contributed by atoms with Crippen LogP contribution in [-0.4, -0.2) is 9.79 Å². The minimum Gasteiger partial charge on any atom is -0.427 e. The van der Waals surface area contributed by atoms with Gasteiger partial charge in [0.25, 0.3) is 0 Å². The molecule has 0 unspecified atom stereocenters. The van der Waals surface area contributed by atoms with E-state index in [1.165, 1.54) is 0 Å². The second-order valence-corrected chi connectivity index (χ2v) is 2.35. The van der Waals surface area contributed by atoms with Crippen molar-refractivity contribution in [2.24, 2.45) is 0 Å². The molecule has 0 aromatic heterocycles. The fraction of sp³-hybridized carbons (Fsp3) is 0. The second-order valence-electron chi connectivity index (χ2n) is 1.66. The second kappa shape index (κ2) is 5.51. The van der Waals surface area contributed by atoms with Crippen molar-refractivity contribution < 1.29 is 30.8 Å². The Morgan fingerprint density at radius 1 is 1.09 bits per heavy atom. The van der Waals surface area contributed by atoms with Gasteiger partial charge < -0.3 is 14.3 Å². The number of benzene rings is 1. The van der Waals surface area contributed by atoms with Crippen molar-refractivity contribution >= 4 is 8.60 Å². The Balaban J connectivity index is 0.000001000. The van der Waals surface area contributed by atoms with Gasteiger partial charge in [-0.25, -0.2) is 0 Å². The molecule has 0 aliphatic carbocycles. The van der Waals surface area contributed by atoms with Crippen molar-refractivity contribution in [3.63, 3.8) is 0 Å². The maximum atomic E-state index is 8.40. The van der Waals surface area contributed by atoms with E-state index >= 15 is 0 Å². The van der Waals surface area contributed by atoms with E-state index in [1.807, 2.05) is 6.07 Å². The van der Waals surface area contributed by atoms with E-state index in [1.54, 1.807) is 24.3 Å². The summed E-state index contributed by atoms with van der Waals surface area (Å²) in [6, 6.07) is 8.65. The zero-order chi connectivity index (χ0) is 7.40. The van der Waals surface area contributed by atoms with Crippen LogP contribution >= 0.6 is 8.60 Å². The average molecular weight is 217 g/mol. The first-order valence-electron chi connectivity index (χ1n) is 2.70. The largest absolute Gasteiger partial charge is 0.427 e. The van der Waals surface area contributed by atoms with Crippen LogP contribution in [0, 0.1) is 0 Å². The Bertz CT molecular complexity index is 192. The number of hydrogen-bond acceptors (Lipinski definition) is 3. The van der Waals surface area contributed by atoms with Crippen LogP contribution in [0.5, 0.6) is 5.75 Å². The molecule has 2 N–H and O–H groups in total. The van der Waals surface area contributed by atoms with Gasteiger partial charge in [-0.3, -0.25) is 0 Å². The minimum absolute atomic E-state index is 0. The van der Waals surface area contributed by atoms with E-state index in [0.717, 1.165) is 0 Å². The normalized spacial score (nSPS) is 9.00. The van der Waals surface area contributed by atoms with Crippen LogP contribution in [0.3, 0.4) is 0 Å². The van der Waals surface area contributed by atoms with Gasteiger partial charge in [-0.15, -0.1) is 0 Å². The number of hydrogen-bond donors (Lipinski definition) is 2. The Hall–Kier alpha value is -0.136. The van der Waals surface area contributed by atoms with Crippen LogP contribution in [0.2, 0.25) is 0 Å². The molecule has 0 saturated heterocycles. The van der Waals surface area contributed by atoms with E-state index in [9.17, 15) is 0 Å². The molecule has 5 heteroatoms. The molecule has 0 heterocycles. The molecule has 0 aliphatic heterocycles. The Morgan fingerprint density at radius 2 is 1.64 bits per heavy atom. The SMILES string of the molecule is OP(O)Oc1ccccc1.[Ni]. The summed E-state index contributed by atoms with van der Waals surface area (Å²) in [6.07, 6.45) is 0. The Morgan fingerprint density at radius 3 is 2.09 bits per heavy atom. The smallest absolute Gasteiger partial charge is 0.391 e. The zero-order valence-corrected chi connectivity index (χ0v) is 7.33. The monoisotopic (exact) mass is 216 g/mol. The maximum Gasteiger partial charge on any atom is 0.391 e. The van der Waals surface area contributed by atoms with Crippen molar-refractivity contribution in [2.45, 2.75) is 0 Å². The summed E-state index contributed by atoms with van der Waals surface area (Å²) >= 11 is 0. The topological polar surface area (TPSA) is 49.7 Å². The van der Waals surface area contributed by atoms with Gasteiger partial charge in [0, 0.05) is 16.5 Å². The molecule has 0 fully saturated rings. The van der Waals surface area contributed by atoms with Crippen molar-refractivity contribution in [2.75, 3.05) is 0 Å². The van der Waals surface area contributed by atoms with E-state index in [4.69, 9.17) is 9.79 Å². The molecule has 0 saturated carbocycles. The number of rotatable bonds is 2. The van der Waals surface area contributed by atoms with Crippen molar-refractivity contribution in [3.8, 4) is 5.75 Å². The molecule has 0 atom stereocenters. The molecule has 3 nitrogen and oxygen atoms in total. The molecule has 11 heavy (non-hydrogen) atoms. The average Bonchev–Trinajstić information content (AvgIpc) is 1.88. The van der Waals surface area contributed by atoms with E-state index < -0.39 is 8.60 Å². The molecular formula is C6H7NiO3P. The van der Waals surface area contributed by atoms with Crippen LogP contribution in [0.4, 0.5) is 0 Å². The molecule has 0 amide bonds. The number of para-hydroxylation sites is 1. The summed E-state index contributed by atoms with van der Waals surface area (Å²) in [7, 11) is -2.28. The van der Waals surface area contributed by atoms with Gasteiger partial charge in [0.1, 0.15) is 5.75 Å². The fourth-order valence-corrected chi connectivity index (χ4v) is 0.886. The van der Waals surface area contributed by atoms with Gasteiger partial charge in [0.2, 0.25) is 0 Å². The molecular weight excluding hydrogens is 210 g/mol. The van der Waals surface area contributed by atoms with Crippen LogP contribution in [-0.2, 0) is 16.5 Å². The van der Waals surface area contributed by atoms with E-state index in [2.05, 4.69) is 4.52 Å². The van der Waals surface area contributed by atoms with Crippen molar-refractivity contribution in [1.82, 2.24) is 0 Å². The summed E-state index contributed by atoms with van der Waals surface area (Å²) in [6.45, 7) is 0. The van der Waals surface area contributed by atoms with E-state index in [-0.39, 0.29) is 16.5 Å². The third kappa shape index (κ3) is 4.33. The summed E-state index contributed by atoms with van der Waals surface area (Å²) < 4.78 is 4.59. The molecule has 64 valence electrons. The van der Waals surface area contributed by atoms with Crippen molar-refractivity contribution in [1.29, 1.82) is 0 Å². The van der Waals surface area contributed by atoms with Gasteiger partial charge in [-0.1, -0.05) is 18.2 Å². The predicted molar refractivity (Wildman–Crippen MR) is 38.4 cm³/mol. The van der Waals surface area contributed by atoms with Gasteiger partial charge in [0.15, 0.2) is 0 Å². The van der Waals surface area contributed by atoms with Crippen LogP contribution in [0.25, 0.3) is 0 Å². The van der Waals surface area contributed by atoms with Crippen LogP contribution < -0.4 is 4.52 Å². The van der Waals surface area contributed by atoms with Gasteiger partial charge in [0.05, 0.1) is 0 Å². The van der Waals surface area contributed by atoms with Crippen molar-refractivity contribution in [3.05, 3.63) is 30.3 Å². The quantitative estimate of drug-likeness (QED) is 0.579. The van der Waals surface area contributed by atoms with Crippen LogP contribution in [0.15, 0.2) is 30.3 Å².